The van der Waals surface area contributed by atoms with Gasteiger partial charge in [0.05, 0.1) is 0 Å². The molecule has 9 rings (SSSR count). The van der Waals surface area contributed by atoms with Crippen molar-refractivity contribution >= 4 is 23.2 Å². The second-order valence-electron chi connectivity index (χ2n) is 21.5. The third kappa shape index (κ3) is 39.9. The Morgan fingerprint density at radius 2 is 0.750 bits per heavy atom. The number of hydrogen-bond donors (Lipinski definition) is 4. The molecule has 0 saturated heterocycles. The van der Waals surface area contributed by atoms with Gasteiger partial charge < -0.3 is 21.3 Å². The van der Waals surface area contributed by atoms with Crippen molar-refractivity contribution < 1.29 is 9.59 Å². The monoisotopic (exact) mass is 1190 g/mol. The fourth-order valence-electron chi connectivity index (χ4n) is 7.29. The Morgan fingerprint density at radius 1 is 0.352 bits per heavy atom. The van der Waals surface area contributed by atoms with Crippen LogP contribution in [0, 0.1) is 62.3 Å². The molecule has 0 spiro atoms. The van der Waals surface area contributed by atoms with Gasteiger partial charge in [-0.3, -0.25) is 19.6 Å². The normalized spacial score (nSPS) is 9.52. The summed E-state index contributed by atoms with van der Waals surface area (Å²) in [6, 6.07) is 58.4. The topological polar surface area (TPSA) is 134 Å². The fourth-order valence-corrected chi connectivity index (χ4v) is 7.29. The summed E-state index contributed by atoms with van der Waals surface area (Å²) in [5.41, 5.74) is 21.0. The number of carbonyl (C=O) groups is 2. The van der Waals surface area contributed by atoms with Crippen LogP contribution in [0.4, 0.5) is 11.4 Å². The highest BCUT2D eigenvalue weighted by Crippen LogP contribution is 2.10. The Kier molecular flexibility index (Phi) is 41.8. The Bertz CT molecular complexity index is 2850. The van der Waals surface area contributed by atoms with E-state index in [0.717, 1.165) is 60.6 Å². The summed E-state index contributed by atoms with van der Waals surface area (Å²) >= 11 is 0. The van der Waals surface area contributed by atoms with Crippen molar-refractivity contribution in [2.45, 2.75) is 162 Å². The van der Waals surface area contributed by atoms with Gasteiger partial charge in [0, 0.05) is 88.0 Å². The summed E-state index contributed by atoms with van der Waals surface area (Å²) in [5, 5.41) is 11.6. The number of rotatable bonds is 12. The van der Waals surface area contributed by atoms with E-state index in [1.807, 2.05) is 135 Å². The Morgan fingerprint density at radius 3 is 1.10 bits per heavy atom. The van der Waals surface area contributed by atoms with Crippen LogP contribution in [0.15, 0.2) is 195 Å². The lowest BCUT2D eigenvalue weighted by atomic mass is 10.1. The zero-order valence-electron chi connectivity index (χ0n) is 56.7. The first kappa shape index (κ1) is 77.4. The lowest BCUT2D eigenvalue weighted by Crippen LogP contribution is -2.18. The molecule has 0 unspecified atom stereocenters. The average molecular weight is 1190 g/mol. The molecule has 0 saturated carbocycles. The zero-order chi connectivity index (χ0) is 65.5. The second-order valence-corrected chi connectivity index (χ2v) is 21.5. The van der Waals surface area contributed by atoms with Crippen molar-refractivity contribution in [2.24, 2.45) is 0 Å². The lowest BCUT2D eigenvalue weighted by molar-refractivity contribution is -0.119. The van der Waals surface area contributed by atoms with Gasteiger partial charge in [-0.05, 0) is 170 Å². The number of benzene rings is 6. The quantitative estimate of drug-likeness (QED) is 0.0950. The number of nitrogens with zero attached hydrogens (tertiary/aromatic N) is 4. The van der Waals surface area contributed by atoms with Gasteiger partial charge in [-0.2, -0.15) is 0 Å². The Labute approximate surface area is 532 Å². The minimum atomic E-state index is -0.0335. The zero-order valence-corrected chi connectivity index (χ0v) is 56.7. The molecule has 0 aliphatic heterocycles. The van der Waals surface area contributed by atoms with Gasteiger partial charge in [-0.15, -0.1) is 0 Å². The highest BCUT2D eigenvalue weighted by atomic mass is 16.2. The molecule has 88 heavy (non-hydrogen) atoms. The number of carbonyl (C=O) groups excluding carboxylic acids is 2. The van der Waals surface area contributed by atoms with Gasteiger partial charge in [-0.25, -0.2) is 9.97 Å². The predicted octanol–water partition coefficient (Wildman–Crippen LogP) is 18.1. The molecular weight excluding hydrogens is 1080 g/mol. The van der Waals surface area contributed by atoms with E-state index in [1.54, 1.807) is 0 Å². The molecular formula is C78H106N8O2. The maximum atomic E-state index is 10.6. The van der Waals surface area contributed by atoms with Crippen molar-refractivity contribution in [1.29, 1.82) is 0 Å². The Hall–Kier alpha value is -8.60. The summed E-state index contributed by atoms with van der Waals surface area (Å²) in [7, 11) is 3.88. The summed E-state index contributed by atoms with van der Waals surface area (Å²) in [6.07, 6.45) is 14.1. The maximum absolute atomic E-state index is 10.6. The summed E-state index contributed by atoms with van der Waals surface area (Å²) in [5.74, 6) is 0.894. The van der Waals surface area contributed by atoms with Gasteiger partial charge >= 0.3 is 0 Å². The van der Waals surface area contributed by atoms with Crippen molar-refractivity contribution in [3.05, 3.63) is 284 Å². The molecule has 470 valence electrons. The summed E-state index contributed by atoms with van der Waals surface area (Å²) in [6.45, 7) is 33.8. The number of aromatic nitrogens is 4. The largest absolute Gasteiger partial charge is 0.388 e. The van der Waals surface area contributed by atoms with E-state index < -0.39 is 0 Å². The molecule has 10 nitrogen and oxygen atoms in total. The van der Waals surface area contributed by atoms with Gasteiger partial charge in [0.1, 0.15) is 5.82 Å². The third-order valence-corrected chi connectivity index (χ3v) is 12.9. The third-order valence-electron chi connectivity index (χ3n) is 12.9. The standard InChI is InChI=1S/C10H13NO.C10H14.C9H11NO.C9H13N.C9H12.3C8H11N.C7H10N2/c1-8-3-5-10(6-4-8)7-11-9(2)12;1-3-4-10-7-5-9(2)6-8-10;1-7-3-5-9(6-4-7)10-8(2)11;1-8-3-5-9(6-4-8)7-10-2;1-3-9-6-4-8(2)5-7-9;1-7-3-5-8(9-2)6-4-7;1-3-8-5-4-7(2)9-6-8;1-3-8-5-4-7(2)6-9-8;1-3-7-8-4-6(2)5-9-7/h3-6H,7H2,1-2H3,(H,11,12);5-8H,3-4H2,1-2H3;3-6H,1-2H3,(H,10,11);3-6,10H,7H2,1-2H3;4-7H,3H2,1-2H3;3-6,9H,1-2H3;2*4-6H,3H2,1-2H3;4-5H,3H2,1-2H3. The van der Waals surface area contributed by atoms with Crippen LogP contribution in [0.25, 0.3) is 0 Å². The molecule has 9 aromatic rings. The number of hydrogen-bond acceptors (Lipinski definition) is 8. The molecule has 3 aromatic heterocycles. The first-order chi connectivity index (χ1) is 42.1. The van der Waals surface area contributed by atoms with Crippen LogP contribution in [0.5, 0.6) is 0 Å². The van der Waals surface area contributed by atoms with E-state index in [0.29, 0.717) is 6.54 Å². The summed E-state index contributed by atoms with van der Waals surface area (Å²) < 4.78 is 0. The molecule has 0 fully saturated rings. The van der Waals surface area contributed by atoms with Crippen LogP contribution in [0.1, 0.15) is 144 Å². The second kappa shape index (κ2) is 47.5. The number of pyridine rings is 2. The molecule has 2 amide bonds. The molecule has 3 heterocycles. The van der Waals surface area contributed by atoms with Gasteiger partial charge in [0.15, 0.2) is 0 Å². The van der Waals surface area contributed by atoms with Crippen LogP contribution >= 0.6 is 0 Å². The van der Waals surface area contributed by atoms with E-state index in [1.165, 1.54) is 99.3 Å². The van der Waals surface area contributed by atoms with Crippen LogP contribution in [-0.2, 0) is 54.8 Å². The number of amides is 2. The van der Waals surface area contributed by atoms with Gasteiger partial charge in [0.25, 0.3) is 0 Å². The Balaban J connectivity index is 0.000000496. The fraction of sp³-hybridized carbons (Fsp3) is 0.333. The van der Waals surface area contributed by atoms with Crippen LogP contribution < -0.4 is 21.3 Å². The number of aryl methyl sites for hydroxylation is 14. The first-order valence-electron chi connectivity index (χ1n) is 31.0. The molecule has 0 aliphatic carbocycles. The van der Waals surface area contributed by atoms with E-state index >= 15 is 0 Å². The van der Waals surface area contributed by atoms with Crippen molar-refractivity contribution in [1.82, 2.24) is 30.6 Å². The van der Waals surface area contributed by atoms with E-state index in [4.69, 9.17) is 0 Å². The van der Waals surface area contributed by atoms with Crippen molar-refractivity contribution in [3.63, 3.8) is 0 Å². The highest BCUT2D eigenvalue weighted by molar-refractivity contribution is 5.88. The van der Waals surface area contributed by atoms with E-state index in [-0.39, 0.29) is 11.8 Å². The minimum Gasteiger partial charge on any atom is -0.388 e. The average Bonchev–Trinajstić information content (AvgIpc) is 3.56. The predicted molar refractivity (Wildman–Crippen MR) is 377 cm³/mol. The van der Waals surface area contributed by atoms with Crippen LogP contribution in [0.2, 0.25) is 0 Å². The van der Waals surface area contributed by atoms with Crippen LogP contribution in [0.3, 0.4) is 0 Å². The van der Waals surface area contributed by atoms with Crippen molar-refractivity contribution in [2.75, 3.05) is 24.7 Å². The van der Waals surface area contributed by atoms with Crippen LogP contribution in [-0.4, -0.2) is 45.8 Å². The molecule has 4 N–H and O–H groups in total. The van der Waals surface area contributed by atoms with E-state index in [2.05, 4.69) is 212 Å². The molecule has 0 atom stereocenters. The maximum Gasteiger partial charge on any atom is 0.221 e. The lowest BCUT2D eigenvalue weighted by Gasteiger charge is -2.01. The molecule has 0 radical (unpaired) electrons. The molecule has 6 aromatic carbocycles. The van der Waals surface area contributed by atoms with Gasteiger partial charge in [-0.1, -0.05) is 208 Å². The SMILES string of the molecule is CC(=O)NCc1ccc(C)cc1.CC(=O)Nc1ccc(C)cc1.CCCc1ccc(C)cc1.CCc1ccc(C)cc1.CCc1ccc(C)cn1.CCc1ccc(C)nc1.CCc1ncc(C)cn1.CNCc1ccc(C)cc1.CNc1ccc(C)cc1. The number of anilines is 2. The first-order valence-corrected chi connectivity index (χ1v) is 31.0. The van der Waals surface area contributed by atoms with Gasteiger partial charge in [0.2, 0.25) is 11.8 Å². The summed E-state index contributed by atoms with van der Waals surface area (Å²) in [4.78, 5) is 37.7. The number of nitrogens with one attached hydrogen (secondary N) is 4. The smallest absolute Gasteiger partial charge is 0.221 e. The van der Waals surface area contributed by atoms with E-state index in [9.17, 15) is 9.59 Å². The minimum absolute atomic E-state index is 0.00979. The molecule has 0 aliphatic rings. The highest BCUT2D eigenvalue weighted by Gasteiger charge is 1.96. The molecule has 0 bridgehead atoms. The molecule has 10 heteroatoms. The van der Waals surface area contributed by atoms with Crippen molar-refractivity contribution in [3.8, 4) is 0 Å².